The summed E-state index contributed by atoms with van der Waals surface area (Å²) in [7, 11) is 0. The van der Waals surface area contributed by atoms with E-state index >= 15 is 0 Å². The van der Waals surface area contributed by atoms with Gasteiger partial charge in [-0.05, 0) is 43.5 Å². The highest BCUT2D eigenvalue weighted by Crippen LogP contribution is 2.32. The van der Waals surface area contributed by atoms with E-state index in [1.165, 1.54) is 5.56 Å². The number of rotatable bonds is 5. The van der Waals surface area contributed by atoms with Crippen LogP contribution in [0.25, 0.3) is 0 Å². The van der Waals surface area contributed by atoms with Crippen molar-refractivity contribution in [2.75, 3.05) is 18.4 Å². The second kappa shape index (κ2) is 6.20. The fourth-order valence-corrected chi connectivity index (χ4v) is 2.88. The molecule has 19 heavy (non-hydrogen) atoms. The molecule has 1 saturated heterocycles. The van der Waals surface area contributed by atoms with Gasteiger partial charge in [-0.25, -0.2) is 0 Å². The predicted molar refractivity (Wildman–Crippen MR) is 79.3 cm³/mol. The molecule has 2 rings (SSSR count). The molecule has 1 aliphatic rings. The van der Waals surface area contributed by atoms with Crippen LogP contribution in [0.15, 0.2) is 24.3 Å². The van der Waals surface area contributed by atoms with Crippen molar-refractivity contribution in [3.63, 3.8) is 0 Å². The molecular weight excluding hydrogens is 236 g/mol. The van der Waals surface area contributed by atoms with E-state index in [0.29, 0.717) is 0 Å². The number of hydrogen-bond acceptors (Lipinski definition) is 2. The van der Waals surface area contributed by atoms with E-state index in [1.54, 1.807) is 0 Å². The Kier molecular flexibility index (Phi) is 4.59. The Labute approximate surface area is 115 Å². The quantitative estimate of drug-likeness (QED) is 0.854. The molecule has 1 atom stereocenters. The molecular formula is C16H24N2O. The molecule has 2 N–H and O–H groups in total. The lowest BCUT2D eigenvalue weighted by Crippen LogP contribution is -2.38. The molecule has 1 aliphatic heterocycles. The molecule has 0 radical (unpaired) electrons. The number of amides is 1. The molecule has 1 amide bonds. The summed E-state index contributed by atoms with van der Waals surface area (Å²) in [6.07, 6.45) is 3.94. The molecule has 1 unspecified atom stereocenters. The first-order chi connectivity index (χ1) is 9.20. The maximum absolute atomic E-state index is 12.6. The standard InChI is InChI=1S/C16H24N2O/c1-3-8-16(9-10-17-12-16)15(19)18-14-7-5-6-13(4-2)11-14/h5-7,11,17H,3-4,8-10,12H2,1-2H3,(H,18,19). The number of aryl methyl sites for hydroxylation is 1. The van der Waals surface area contributed by atoms with Gasteiger partial charge < -0.3 is 10.6 Å². The summed E-state index contributed by atoms with van der Waals surface area (Å²) >= 11 is 0. The third-order valence-corrected chi connectivity index (χ3v) is 4.05. The van der Waals surface area contributed by atoms with Crippen molar-refractivity contribution >= 4 is 11.6 Å². The predicted octanol–water partition coefficient (Wildman–Crippen LogP) is 2.97. The van der Waals surface area contributed by atoms with E-state index in [9.17, 15) is 4.79 Å². The number of nitrogens with one attached hydrogen (secondary N) is 2. The first-order valence-corrected chi connectivity index (χ1v) is 7.31. The lowest BCUT2D eigenvalue weighted by Gasteiger charge is -2.26. The van der Waals surface area contributed by atoms with Gasteiger partial charge in [-0.1, -0.05) is 32.4 Å². The van der Waals surface area contributed by atoms with E-state index in [0.717, 1.165) is 44.5 Å². The molecule has 1 heterocycles. The average molecular weight is 260 g/mol. The first-order valence-electron chi connectivity index (χ1n) is 7.31. The minimum atomic E-state index is -0.211. The molecule has 3 nitrogen and oxygen atoms in total. The SMILES string of the molecule is CCCC1(C(=O)Nc2cccc(CC)c2)CCNC1. The van der Waals surface area contributed by atoms with Gasteiger partial charge in [-0.2, -0.15) is 0 Å². The Morgan fingerprint density at radius 2 is 2.26 bits per heavy atom. The zero-order chi connectivity index (χ0) is 13.7. The number of carbonyl (C=O) groups excluding carboxylic acids is 1. The van der Waals surface area contributed by atoms with Crippen molar-refractivity contribution in [1.82, 2.24) is 5.32 Å². The van der Waals surface area contributed by atoms with Gasteiger partial charge in [0.1, 0.15) is 0 Å². The zero-order valence-corrected chi connectivity index (χ0v) is 12.0. The van der Waals surface area contributed by atoms with Crippen LogP contribution in [0.2, 0.25) is 0 Å². The van der Waals surface area contributed by atoms with Crippen molar-refractivity contribution in [3.8, 4) is 0 Å². The highest BCUT2D eigenvalue weighted by atomic mass is 16.2. The summed E-state index contributed by atoms with van der Waals surface area (Å²) in [4.78, 5) is 12.6. The van der Waals surface area contributed by atoms with Gasteiger partial charge in [0.15, 0.2) is 0 Å². The van der Waals surface area contributed by atoms with Crippen molar-refractivity contribution in [2.24, 2.45) is 5.41 Å². The maximum Gasteiger partial charge on any atom is 0.231 e. The van der Waals surface area contributed by atoms with E-state index < -0.39 is 0 Å². The van der Waals surface area contributed by atoms with E-state index in [2.05, 4.69) is 36.6 Å². The second-order valence-corrected chi connectivity index (χ2v) is 5.47. The number of anilines is 1. The molecule has 104 valence electrons. The Hall–Kier alpha value is -1.35. The van der Waals surface area contributed by atoms with E-state index in [-0.39, 0.29) is 11.3 Å². The van der Waals surface area contributed by atoms with Crippen LogP contribution >= 0.6 is 0 Å². The van der Waals surface area contributed by atoms with Gasteiger partial charge in [-0.15, -0.1) is 0 Å². The van der Waals surface area contributed by atoms with Gasteiger partial charge in [0.05, 0.1) is 5.41 Å². The summed E-state index contributed by atoms with van der Waals surface area (Å²) in [6, 6.07) is 8.14. The molecule has 1 fully saturated rings. The minimum Gasteiger partial charge on any atom is -0.326 e. The van der Waals surface area contributed by atoms with Crippen LogP contribution in [0, 0.1) is 5.41 Å². The molecule has 0 saturated carbocycles. The topological polar surface area (TPSA) is 41.1 Å². The average Bonchev–Trinajstić information content (AvgIpc) is 2.89. The Morgan fingerprint density at radius 3 is 2.89 bits per heavy atom. The molecule has 0 aromatic heterocycles. The molecule has 0 spiro atoms. The number of hydrogen-bond donors (Lipinski definition) is 2. The van der Waals surface area contributed by atoms with Gasteiger partial charge in [0, 0.05) is 12.2 Å². The molecule has 0 aliphatic carbocycles. The van der Waals surface area contributed by atoms with Gasteiger partial charge >= 0.3 is 0 Å². The largest absolute Gasteiger partial charge is 0.326 e. The fourth-order valence-electron chi connectivity index (χ4n) is 2.88. The van der Waals surface area contributed by atoms with Crippen molar-refractivity contribution < 1.29 is 4.79 Å². The van der Waals surface area contributed by atoms with E-state index in [1.807, 2.05) is 12.1 Å². The molecule has 1 aromatic rings. The lowest BCUT2D eigenvalue weighted by atomic mass is 9.81. The minimum absolute atomic E-state index is 0.174. The molecule has 1 aromatic carbocycles. The van der Waals surface area contributed by atoms with Gasteiger partial charge in [0.25, 0.3) is 0 Å². The van der Waals surface area contributed by atoms with Crippen LogP contribution in [0.1, 0.15) is 38.7 Å². The number of carbonyl (C=O) groups is 1. The van der Waals surface area contributed by atoms with Crippen LogP contribution < -0.4 is 10.6 Å². The fraction of sp³-hybridized carbons (Fsp3) is 0.562. The summed E-state index contributed by atoms with van der Waals surface area (Å²) < 4.78 is 0. The van der Waals surface area contributed by atoms with Crippen LogP contribution in [0.5, 0.6) is 0 Å². The second-order valence-electron chi connectivity index (χ2n) is 5.47. The highest BCUT2D eigenvalue weighted by Gasteiger charge is 2.40. The van der Waals surface area contributed by atoms with E-state index in [4.69, 9.17) is 0 Å². The van der Waals surface area contributed by atoms with Crippen LogP contribution in [0.3, 0.4) is 0 Å². The van der Waals surface area contributed by atoms with Gasteiger partial charge in [-0.3, -0.25) is 4.79 Å². The van der Waals surface area contributed by atoms with Gasteiger partial charge in [0.2, 0.25) is 5.91 Å². The Morgan fingerprint density at radius 1 is 1.42 bits per heavy atom. The third-order valence-electron chi connectivity index (χ3n) is 4.05. The highest BCUT2D eigenvalue weighted by molar-refractivity contribution is 5.95. The normalized spacial score (nSPS) is 22.4. The summed E-state index contributed by atoms with van der Waals surface area (Å²) in [6.45, 7) is 6.02. The number of benzene rings is 1. The van der Waals surface area contributed by atoms with Crippen LogP contribution in [-0.2, 0) is 11.2 Å². The first kappa shape index (κ1) is 14.1. The Balaban J connectivity index is 2.10. The van der Waals surface area contributed by atoms with Crippen LogP contribution in [-0.4, -0.2) is 19.0 Å². The van der Waals surface area contributed by atoms with Crippen molar-refractivity contribution in [3.05, 3.63) is 29.8 Å². The lowest BCUT2D eigenvalue weighted by molar-refractivity contribution is -0.125. The Bertz CT molecular complexity index is 436. The summed E-state index contributed by atoms with van der Waals surface area (Å²) in [5.41, 5.74) is 1.97. The van der Waals surface area contributed by atoms with Crippen molar-refractivity contribution in [1.29, 1.82) is 0 Å². The smallest absolute Gasteiger partial charge is 0.231 e. The van der Waals surface area contributed by atoms with Crippen LogP contribution in [0.4, 0.5) is 5.69 Å². The molecule has 0 bridgehead atoms. The monoisotopic (exact) mass is 260 g/mol. The third kappa shape index (κ3) is 3.16. The summed E-state index contributed by atoms with van der Waals surface area (Å²) in [5.74, 6) is 0.174. The maximum atomic E-state index is 12.6. The van der Waals surface area contributed by atoms with Crippen molar-refractivity contribution in [2.45, 2.75) is 39.5 Å². The zero-order valence-electron chi connectivity index (χ0n) is 12.0. The molecule has 3 heteroatoms. The summed E-state index contributed by atoms with van der Waals surface area (Å²) in [5, 5.41) is 6.43.